The monoisotopic (exact) mass is 198 g/mol. The minimum atomic E-state index is 0.504. The summed E-state index contributed by atoms with van der Waals surface area (Å²) in [5.41, 5.74) is 0. The second-order valence-corrected chi connectivity index (χ2v) is 3.82. The lowest BCUT2D eigenvalue weighted by molar-refractivity contribution is 0.101. The smallest absolute Gasteiger partial charge is 0.0866 e. The molecule has 0 bridgehead atoms. The number of likely N-dealkylation sites (N-methyl/N-ethyl adjacent to an activating group) is 1. The van der Waals surface area contributed by atoms with Gasteiger partial charge in [0.2, 0.25) is 0 Å². The van der Waals surface area contributed by atoms with Crippen molar-refractivity contribution in [2.24, 2.45) is 5.92 Å². The molecule has 3 heteroatoms. The molecule has 0 amide bonds. The Morgan fingerprint density at radius 1 is 1.36 bits per heavy atom. The molecule has 0 spiro atoms. The van der Waals surface area contributed by atoms with Gasteiger partial charge in [-0.05, 0) is 18.9 Å². The lowest BCUT2D eigenvalue weighted by Crippen LogP contribution is -2.27. The van der Waals surface area contributed by atoms with Crippen molar-refractivity contribution in [2.75, 3.05) is 32.8 Å². The number of ether oxygens (including phenoxy) is 1. The third kappa shape index (κ3) is 8.03. The molecule has 0 saturated carbocycles. The van der Waals surface area contributed by atoms with Gasteiger partial charge in [-0.15, -0.1) is 0 Å². The molecule has 0 radical (unpaired) electrons. The van der Waals surface area contributed by atoms with Crippen molar-refractivity contribution >= 4 is 0 Å². The first-order valence-corrected chi connectivity index (χ1v) is 5.37. The summed E-state index contributed by atoms with van der Waals surface area (Å²) in [6, 6.07) is 2.15. The lowest BCUT2D eigenvalue weighted by Gasteiger charge is -2.16. The number of hydrogen-bond donors (Lipinski definition) is 0. The van der Waals surface area contributed by atoms with Crippen molar-refractivity contribution in [1.29, 1.82) is 5.26 Å². The molecule has 0 aliphatic rings. The number of nitrogens with zero attached hydrogens (tertiary/aromatic N) is 2. The van der Waals surface area contributed by atoms with Crippen LogP contribution in [0.5, 0.6) is 0 Å². The van der Waals surface area contributed by atoms with Gasteiger partial charge >= 0.3 is 0 Å². The van der Waals surface area contributed by atoms with E-state index in [1.165, 1.54) is 0 Å². The van der Waals surface area contributed by atoms with Crippen LogP contribution in [0.25, 0.3) is 0 Å². The number of nitriles is 1. The van der Waals surface area contributed by atoms with Gasteiger partial charge in [0, 0.05) is 13.2 Å². The Morgan fingerprint density at radius 3 is 2.57 bits per heavy atom. The van der Waals surface area contributed by atoms with Gasteiger partial charge in [0.25, 0.3) is 0 Å². The maximum Gasteiger partial charge on any atom is 0.0866 e. The van der Waals surface area contributed by atoms with Gasteiger partial charge in [0.05, 0.1) is 19.2 Å². The minimum absolute atomic E-state index is 0.504. The average molecular weight is 198 g/mol. The van der Waals surface area contributed by atoms with Crippen molar-refractivity contribution in [3.05, 3.63) is 0 Å². The summed E-state index contributed by atoms with van der Waals surface area (Å²) in [6.07, 6.45) is 1.12. The average Bonchev–Trinajstić information content (AvgIpc) is 2.15. The molecule has 0 saturated heterocycles. The first-order valence-electron chi connectivity index (χ1n) is 5.37. The van der Waals surface area contributed by atoms with Crippen molar-refractivity contribution in [3.63, 3.8) is 0 Å². The SMILES string of the molecule is CCN(CC#N)CCOCCC(C)C. The van der Waals surface area contributed by atoms with Crippen molar-refractivity contribution in [1.82, 2.24) is 4.90 Å². The molecular formula is C11H22N2O. The fourth-order valence-corrected chi connectivity index (χ4v) is 1.06. The standard InChI is InChI=1S/C11H22N2O/c1-4-13(7-6-12)8-10-14-9-5-11(2)3/h11H,4-5,7-10H2,1-3H3. The van der Waals surface area contributed by atoms with E-state index in [9.17, 15) is 0 Å². The van der Waals surface area contributed by atoms with E-state index in [0.717, 1.165) is 32.7 Å². The van der Waals surface area contributed by atoms with E-state index in [0.29, 0.717) is 12.5 Å². The lowest BCUT2D eigenvalue weighted by atomic mass is 10.1. The molecule has 0 aliphatic carbocycles. The van der Waals surface area contributed by atoms with Crippen LogP contribution >= 0.6 is 0 Å². The van der Waals surface area contributed by atoms with E-state index in [1.54, 1.807) is 0 Å². The molecule has 0 aromatic carbocycles. The van der Waals surface area contributed by atoms with Crippen molar-refractivity contribution in [2.45, 2.75) is 27.2 Å². The molecule has 0 fully saturated rings. The zero-order chi connectivity index (χ0) is 10.8. The van der Waals surface area contributed by atoms with Gasteiger partial charge in [-0.25, -0.2) is 0 Å². The van der Waals surface area contributed by atoms with E-state index in [1.807, 2.05) is 0 Å². The van der Waals surface area contributed by atoms with Crippen LogP contribution in [0.4, 0.5) is 0 Å². The summed E-state index contributed by atoms with van der Waals surface area (Å²) in [7, 11) is 0. The number of hydrogen-bond acceptors (Lipinski definition) is 3. The molecule has 0 aliphatic heterocycles. The van der Waals surface area contributed by atoms with Gasteiger partial charge in [-0.1, -0.05) is 20.8 Å². The highest BCUT2D eigenvalue weighted by Crippen LogP contribution is 1.98. The first kappa shape index (κ1) is 13.4. The number of rotatable bonds is 8. The summed E-state index contributed by atoms with van der Waals surface area (Å²) < 4.78 is 5.47. The fourth-order valence-electron chi connectivity index (χ4n) is 1.06. The molecule has 0 unspecified atom stereocenters. The van der Waals surface area contributed by atoms with Crippen LogP contribution in [0.2, 0.25) is 0 Å². The van der Waals surface area contributed by atoms with Crippen LogP contribution in [0.3, 0.4) is 0 Å². The van der Waals surface area contributed by atoms with Crippen LogP contribution in [0.15, 0.2) is 0 Å². The van der Waals surface area contributed by atoms with Gasteiger partial charge in [-0.3, -0.25) is 4.90 Å². The fraction of sp³-hybridized carbons (Fsp3) is 0.909. The van der Waals surface area contributed by atoms with Gasteiger partial charge in [-0.2, -0.15) is 5.26 Å². The van der Waals surface area contributed by atoms with Crippen LogP contribution in [-0.2, 0) is 4.74 Å². The zero-order valence-corrected chi connectivity index (χ0v) is 9.62. The Balaban J connectivity index is 3.29. The molecule has 14 heavy (non-hydrogen) atoms. The van der Waals surface area contributed by atoms with Gasteiger partial charge < -0.3 is 4.74 Å². The van der Waals surface area contributed by atoms with Crippen molar-refractivity contribution in [3.8, 4) is 6.07 Å². The van der Waals surface area contributed by atoms with Gasteiger partial charge in [0.1, 0.15) is 0 Å². The highest BCUT2D eigenvalue weighted by Gasteiger charge is 2.00. The maximum absolute atomic E-state index is 8.51. The first-order chi connectivity index (χ1) is 6.70. The van der Waals surface area contributed by atoms with Crippen LogP contribution in [0.1, 0.15) is 27.2 Å². The van der Waals surface area contributed by atoms with E-state index in [2.05, 4.69) is 31.7 Å². The molecule has 0 rings (SSSR count). The summed E-state index contributed by atoms with van der Waals surface area (Å²) >= 11 is 0. The highest BCUT2D eigenvalue weighted by molar-refractivity contribution is 4.75. The quantitative estimate of drug-likeness (QED) is 0.441. The third-order valence-electron chi connectivity index (χ3n) is 2.13. The Kier molecular flexibility index (Phi) is 8.61. The third-order valence-corrected chi connectivity index (χ3v) is 2.13. The Labute approximate surface area is 87.7 Å². The van der Waals surface area contributed by atoms with E-state index in [4.69, 9.17) is 10.00 Å². The summed E-state index contributed by atoms with van der Waals surface area (Å²) in [6.45, 7) is 10.3. The maximum atomic E-state index is 8.51. The molecule has 82 valence electrons. The molecule has 0 aromatic rings. The predicted molar refractivity (Wildman–Crippen MR) is 58.0 cm³/mol. The normalized spacial score (nSPS) is 10.9. The van der Waals surface area contributed by atoms with E-state index in [-0.39, 0.29) is 0 Å². The topological polar surface area (TPSA) is 36.3 Å². The van der Waals surface area contributed by atoms with E-state index < -0.39 is 0 Å². The minimum Gasteiger partial charge on any atom is -0.380 e. The molecular weight excluding hydrogens is 176 g/mol. The Hall–Kier alpha value is -0.590. The van der Waals surface area contributed by atoms with E-state index >= 15 is 0 Å². The highest BCUT2D eigenvalue weighted by atomic mass is 16.5. The molecule has 3 nitrogen and oxygen atoms in total. The molecule has 0 heterocycles. The summed E-state index contributed by atoms with van der Waals surface area (Å²) in [5, 5.41) is 8.51. The largest absolute Gasteiger partial charge is 0.380 e. The molecule has 0 atom stereocenters. The summed E-state index contributed by atoms with van der Waals surface area (Å²) in [5.74, 6) is 0.705. The predicted octanol–water partition coefficient (Wildman–Crippen LogP) is 1.89. The Morgan fingerprint density at radius 2 is 2.07 bits per heavy atom. The van der Waals surface area contributed by atoms with Crippen LogP contribution < -0.4 is 0 Å². The van der Waals surface area contributed by atoms with Crippen LogP contribution in [0, 0.1) is 17.2 Å². The van der Waals surface area contributed by atoms with Gasteiger partial charge in [0.15, 0.2) is 0 Å². The van der Waals surface area contributed by atoms with Crippen molar-refractivity contribution < 1.29 is 4.74 Å². The molecule has 0 N–H and O–H groups in total. The molecule has 0 aromatic heterocycles. The zero-order valence-electron chi connectivity index (χ0n) is 9.62. The second kappa shape index (κ2) is 8.98. The summed E-state index contributed by atoms with van der Waals surface area (Å²) in [4.78, 5) is 2.08. The second-order valence-electron chi connectivity index (χ2n) is 3.82. The Bertz CT molecular complexity index is 163. The van der Waals surface area contributed by atoms with Crippen LogP contribution in [-0.4, -0.2) is 37.7 Å².